The molecule has 1 aliphatic carbocycles. The monoisotopic (exact) mass is 375 g/mol. The highest BCUT2D eigenvalue weighted by molar-refractivity contribution is 5.94. The van der Waals surface area contributed by atoms with Crippen LogP contribution in [0.1, 0.15) is 49.5 Å². The first-order valence-electron chi connectivity index (χ1n) is 8.39. The molecule has 4 nitrogen and oxygen atoms in total. The lowest BCUT2D eigenvalue weighted by molar-refractivity contribution is 0.0933. The van der Waals surface area contributed by atoms with Crippen LogP contribution in [0.3, 0.4) is 0 Å². The SMILES string of the molecule is CCN(Cc1ccc(C(=O)NC(CN)C2CC2)cc1)C(C)C.Cl.Cl. The number of carbonyl (C=O) groups excluding carboxylic acids is 1. The number of halogens is 2. The second-order valence-electron chi connectivity index (χ2n) is 6.51. The van der Waals surface area contributed by atoms with E-state index in [0.29, 0.717) is 18.5 Å². The maximum atomic E-state index is 12.3. The normalized spacial score (nSPS) is 14.8. The predicted molar refractivity (Wildman–Crippen MR) is 105 cm³/mol. The summed E-state index contributed by atoms with van der Waals surface area (Å²) in [4.78, 5) is 14.7. The molecule has 2 rings (SSSR count). The minimum Gasteiger partial charge on any atom is -0.348 e. The maximum absolute atomic E-state index is 12.3. The molecule has 0 bridgehead atoms. The van der Waals surface area contributed by atoms with E-state index in [1.807, 2.05) is 12.1 Å². The predicted octanol–water partition coefficient (Wildman–Crippen LogP) is 3.23. The van der Waals surface area contributed by atoms with E-state index in [2.05, 4.69) is 43.1 Å². The van der Waals surface area contributed by atoms with Gasteiger partial charge in [0.25, 0.3) is 5.91 Å². The van der Waals surface area contributed by atoms with Crippen LogP contribution < -0.4 is 11.1 Å². The van der Waals surface area contributed by atoms with Crippen molar-refractivity contribution in [2.24, 2.45) is 11.7 Å². The van der Waals surface area contributed by atoms with E-state index >= 15 is 0 Å². The minimum absolute atomic E-state index is 0. The Bertz CT molecular complexity index is 490. The average molecular weight is 376 g/mol. The number of hydrogen-bond donors (Lipinski definition) is 2. The zero-order valence-corrected chi connectivity index (χ0v) is 16.5. The van der Waals surface area contributed by atoms with Crippen molar-refractivity contribution in [3.8, 4) is 0 Å². The molecule has 0 radical (unpaired) electrons. The van der Waals surface area contributed by atoms with Crippen molar-refractivity contribution in [1.82, 2.24) is 10.2 Å². The number of carbonyl (C=O) groups is 1. The van der Waals surface area contributed by atoms with Gasteiger partial charge in [-0.15, -0.1) is 24.8 Å². The maximum Gasteiger partial charge on any atom is 0.251 e. The van der Waals surface area contributed by atoms with Crippen LogP contribution in [0.5, 0.6) is 0 Å². The van der Waals surface area contributed by atoms with Gasteiger partial charge in [-0.25, -0.2) is 0 Å². The second-order valence-corrected chi connectivity index (χ2v) is 6.51. The van der Waals surface area contributed by atoms with Gasteiger partial charge in [-0.05, 0) is 56.8 Å². The zero-order valence-electron chi connectivity index (χ0n) is 14.8. The number of nitrogens with one attached hydrogen (secondary N) is 1. The van der Waals surface area contributed by atoms with Gasteiger partial charge in [0.2, 0.25) is 0 Å². The van der Waals surface area contributed by atoms with Crippen LogP contribution in [-0.2, 0) is 6.54 Å². The van der Waals surface area contributed by atoms with Crippen LogP contribution in [0.15, 0.2) is 24.3 Å². The van der Waals surface area contributed by atoms with Crippen LogP contribution in [-0.4, -0.2) is 36.0 Å². The Hall–Kier alpha value is -0.810. The summed E-state index contributed by atoms with van der Waals surface area (Å²) in [6.07, 6.45) is 2.37. The van der Waals surface area contributed by atoms with Gasteiger partial charge in [0.1, 0.15) is 0 Å². The van der Waals surface area contributed by atoms with Gasteiger partial charge in [-0.1, -0.05) is 19.1 Å². The van der Waals surface area contributed by atoms with E-state index < -0.39 is 0 Å². The second kappa shape index (κ2) is 10.9. The van der Waals surface area contributed by atoms with Crippen molar-refractivity contribution >= 4 is 30.7 Å². The first-order chi connectivity index (χ1) is 10.5. The Morgan fingerprint density at radius 3 is 2.25 bits per heavy atom. The van der Waals surface area contributed by atoms with Gasteiger partial charge in [0, 0.05) is 30.7 Å². The molecule has 1 unspecified atom stereocenters. The number of nitrogens with zero attached hydrogens (tertiary/aromatic N) is 1. The molecule has 0 aliphatic heterocycles. The lowest BCUT2D eigenvalue weighted by Gasteiger charge is -2.24. The molecule has 1 fully saturated rings. The molecule has 1 aromatic rings. The van der Waals surface area contributed by atoms with Crippen molar-refractivity contribution in [1.29, 1.82) is 0 Å². The molecular formula is C18H31Cl2N3O. The molecule has 3 N–H and O–H groups in total. The highest BCUT2D eigenvalue weighted by Gasteiger charge is 2.31. The van der Waals surface area contributed by atoms with E-state index in [0.717, 1.165) is 18.7 Å². The Labute approximate surface area is 158 Å². The molecule has 0 aromatic heterocycles. The minimum atomic E-state index is -0.00916. The average Bonchev–Trinajstić information content (AvgIpc) is 3.35. The summed E-state index contributed by atoms with van der Waals surface area (Å²) >= 11 is 0. The standard InChI is InChI=1S/C18H29N3O.2ClH/c1-4-21(13(2)3)12-14-5-7-16(8-6-14)18(22)20-17(11-19)15-9-10-15;;/h5-8,13,15,17H,4,9-12,19H2,1-3H3,(H,20,22);2*1H. The fraction of sp³-hybridized carbons (Fsp3) is 0.611. The Kier molecular flexibility index (Phi) is 10.6. The zero-order chi connectivity index (χ0) is 16.1. The molecule has 6 heteroatoms. The largest absolute Gasteiger partial charge is 0.348 e. The summed E-state index contributed by atoms with van der Waals surface area (Å²) in [6, 6.07) is 8.59. The highest BCUT2D eigenvalue weighted by atomic mass is 35.5. The van der Waals surface area contributed by atoms with E-state index in [1.165, 1.54) is 18.4 Å². The molecule has 1 aromatic carbocycles. The summed E-state index contributed by atoms with van der Waals surface area (Å²) in [5.74, 6) is 0.572. The number of rotatable bonds is 8. The van der Waals surface area contributed by atoms with Gasteiger partial charge in [0.15, 0.2) is 0 Å². The number of nitrogens with two attached hydrogens (primary N) is 1. The van der Waals surface area contributed by atoms with Crippen molar-refractivity contribution < 1.29 is 4.79 Å². The lowest BCUT2D eigenvalue weighted by Crippen LogP contribution is -2.41. The third-order valence-electron chi connectivity index (χ3n) is 4.50. The van der Waals surface area contributed by atoms with Crippen LogP contribution in [0, 0.1) is 5.92 Å². The molecule has 1 atom stereocenters. The molecule has 138 valence electrons. The summed E-state index contributed by atoms with van der Waals surface area (Å²) in [6.45, 7) is 9.05. The first kappa shape index (κ1) is 23.2. The molecule has 0 spiro atoms. The van der Waals surface area contributed by atoms with Gasteiger partial charge in [0.05, 0.1) is 0 Å². The van der Waals surface area contributed by atoms with Crippen molar-refractivity contribution in [2.75, 3.05) is 13.1 Å². The number of benzene rings is 1. The fourth-order valence-corrected chi connectivity index (χ4v) is 2.78. The summed E-state index contributed by atoms with van der Waals surface area (Å²) in [5, 5.41) is 3.06. The van der Waals surface area contributed by atoms with Gasteiger partial charge < -0.3 is 11.1 Å². The summed E-state index contributed by atoms with van der Waals surface area (Å²) in [7, 11) is 0. The van der Waals surface area contributed by atoms with Crippen LogP contribution in [0.2, 0.25) is 0 Å². The van der Waals surface area contributed by atoms with E-state index in [4.69, 9.17) is 5.73 Å². The van der Waals surface area contributed by atoms with Crippen molar-refractivity contribution in [3.05, 3.63) is 35.4 Å². The molecule has 1 amide bonds. The summed E-state index contributed by atoms with van der Waals surface area (Å²) < 4.78 is 0. The van der Waals surface area contributed by atoms with E-state index in [1.54, 1.807) is 0 Å². The molecule has 24 heavy (non-hydrogen) atoms. The quantitative estimate of drug-likeness (QED) is 0.732. The molecule has 0 heterocycles. The molecule has 1 aliphatic rings. The smallest absolute Gasteiger partial charge is 0.251 e. The van der Waals surface area contributed by atoms with Crippen LogP contribution in [0.4, 0.5) is 0 Å². The van der Waals surface area contributed by atoms with Crippen LogP contribution >= 0.6 is 24.8 Å². The molecule has 0 saturated heterocycles. The van der Waals surface area contributed by atoms with E-state index in [9.17, 15) is 4.79 Å². The van der Waals surface area contributed by atoms with Gasteiger partial charge in [-0.3, -0.25) is 9.69 Å². The summed E-state index contributed by atoms with van der Waals surface area (Å²) in [5.41, 5.74) is 7.70. The lowest BCUT2D eigenvalue weighted by atomic mass is 10.1. The third-order valence-corrected chi connectivity index (χ3v) is 4.50. The molecule has 1 saturated carbocycles. The fourth-order valence-electron chi connectivity index (χ4n) is 2.78. The highest BCUT2D eigenvalue weighted by Crippen LogP contribution is 2.32. The van der Waals surface area contributed by atoms with Crippen LogP contribution in [0.25, 0.3) is 0 Å². The Morgan fingerprint density at radius 2 is 1.83 bits per heavy atom. The van der Waals surface area contributed by atoms with E-state index in [-0.39, 0.29) is 36.8 Å². The van der Waals surface area contributed by atoms with Gasteiger partial charge >= 0.3 is 0 Å². The van der Waals surface area contributed by atoms with Gasteiger partial charge in [-0.2, -0.15) is 0 Å². The van der Waals surface area contributed by atoms with Crippen molar-refractivity contribution in [2.45, 2.75) is 52.2 Å². The number of hydrogen-bond acceptors (Lipinski definition) is 3. The topological polar surface area (TPSA) is 58.4 Å². The first-order valence-corrected chi connectivity index (χ1v) is 8.39. The Balaban J connectivity index is 0.00000264. The Morgan fingerprint density at radius 1 is 1.25 bits per heavy atom. The van der Waals surface area contributed by atoms with Crippen molar-refractivity contribution in [3.63, 3.8) is 0 Å². The molecular weight excluding hydrogens is 345 g/mol. The third kappa shape index (κ3) is 6.60. The number of amides is 1.